The predicted molar refractivity (Wildman–Crippen MR) is 192 cm³/mol. The number of aromatic amines is 1. The van der Waals surface area contributed by atoms with E-state index in [-0.39, 0.29) is 61.2 Å². The molecule has 0 aliphatic carbocycles. The molecular weight excluding hydrogens is 678 g/mol. The first-order valence-electron chi connectivity index (χ1n) is 16.5. The number of nitrogens with zero attached hydrogens (tertiary/aromatic N) is 5. The number of aliphatic carboxylic acids is 1. The third-order valence-electron chi connectivity index (χ3n) is 8.13. The monoisotopic (exact) mass is 725 g/mol. The van der Waals surface area contributed by atoms with Gasteiger partial charge < -0.3 is 41.8 Å². The van der Waals surface area contributed by atoms with Crippen LogP contribution in [-0.4, -0.2) is 101 Å². The van der Waals surface area contributed by atoms with Crippen molar-refractivity contribution >= 4 is 46.1 Å². The fourth-order valence-electron chi connectivity index (χ4n) is 4.72. The predicted octanol–water partition coefficient (Wildman–Crippen LogP) is 1.45. The van der Waals surface area contributed by atoms with Crippen molar-refractivity contribution in [2.75, 3.05) is 25.0 Å². The molecule has 2 amide bonds. The van der Waals surface area contributed by atoms with Crippen LogP contribution in [0.5, 0.6) is 0 Å². The number of benzene rings is 1. The van der Waals surface area contributed by atoms with Gasteiger partial charge in [-0.2, -0.15) is 5.48 Å². The normalized spacial score (nSPS) is 13.1. The topological polar surface area (TPSA) is 278 Å². The molecule has 0 fully saturated rings. The van der Waals surface area contributed by atoms with Crippen LogP contribution >= 0.6 is 0 Å². The van der Waals surface area contributed by atoms with Gasteiger partial charge in [0.15, 0.2) is 11.2 Å². The van der Waals surface area contributed by atoms with Crippen molar-refractivity contribution in [1.82, 2.24) is 41.4 Å². The van der Waals surface area contributed by atoms with E-state index < -0.39 is 34.9 Å². The molecule has 0 radical (unpaired) electrons. The number of hydrogen-bond acceptors (Lipinski definition) is 15. The van der Waals surface area contributed by atoms with Gasteiger partial charge in [-0.1, -0.05) is 10.3 Å². The first-order valence-corrected chi connectivity index (χ1v) is 16.5. The molecule has 3 aromatic rings. The minimum absolute atomic E-state index is 0.0429. The molecule has 282 valence electrons. The molecule has 1 aromatic carbocycles. The van der Waals surface area contributed by atoms with Crippen LogP contribution in [0, 0.1) is 6.92 Å². The number of oxime groups is 2. The third kappa shape index (κ3) is 12.1. The summed E-state index contributed by atoms with van der Waals surface area (Å²) in [6.07, 6.45) is 1.14. The number of anilines is 1. The number of carbonyl (C=O) groups excluding carboxylic acids is 2. The molecule has 0 saturated heterocycles. The van der Waals surface area contributed by atoms with E-state index in [1.807, 2.05) is 0 Å². The minimum atomic E-state index is -1.15. The van der Waals surface area contributed by atoms with E-state index in [4.69, 9.17) is 10.0 Å². The number of rotatable bonds is 20. The second-order valence-electron chi connectivity index (χ2n) is 13.0. The maximum absolute atomic E-state index is 13.1. The molecule has 3 rings (SSSR count). The molecule has 9 N–H and O–H groups in total. The highest BCUT2D eigenvalue weighted by Crippen LogP contribution is 2.13. The maximum atomic E-state index is 13.1. The Bertz CT molecular complexity index is 1820. The number of amides is 2. The number of aryl methyl sites for hydroxylation is 1. The van der Waals surface area contributed by atoms with Crippen molar-refractivity contribution in [3.8, 4) is 0 Å². The van der Waals surface area contributed by atoms with Gasteiger partial charge in [-0.05, 0) is 72.2 Å². The molecule has 19 nitrogen and oxygen atoms in total. The van der Waals surface area contributed by atoms with Gasteiger partial charge in [-0.3, -0.25) is 24.0 Å². The largest absolute Gasteiger partial charge is 0.481 e. The first-order chi connectivity index (χ1) is 24.6. The number of fused-ring (bicyclic) bond motifs is 1. The second kappa shape index (κ2) is 18.6. The highest BCUT2D eigenvalue weighted by Gasteiger charge is 2.27. The van der Waals surface area contributed by atoms with Gasteiger partial charge >= 0.3 is 5.97 Å². The molecule has 1 unspecified atom stereocenters. The molecule has 0 bridgehead atoms. The van der Waals surface area contributed by atoms with E-state index in [0.29, 0.717) is 35.2 Å². The van der Waals surface area contributed by atoms with Crippen molar-refractivity contribution < 1.29 is 34.7 Å². The zero-order valence-electron chi connectivity index (χ0n) is 30.0. The van der Waals surface area contributed by atoms with Crippen LogP contribution in [-0.2, 0) is 21.0 Å². The summed E-state index contributed by atoms with van der Waals surface area (Å²) in [6.45, 7) is 11.3. The highest BCUT2D eigenvalue weighted by molar-refractivity contribution is 5.98. The molecule has 2 aromatic heterocycles. The van der Waals surface area contributed by atoms with Crippen LogP contribution in [0.3, 0.4) is 0 Å². The van der Waals surface area contributed by atoms with Crippen LogP contribution < -0.4 is 32.3 Å². The number of H-pyrrole nitrogens is 1. The lowest BCUT2D eigenvalue weighted by Gasteiger charge is -2.28. The fourth-order valence-corrected chi connectivity index (χ4v) is 4.72. The van der Waals surface area contributed by atoms with Crippen molar-refractivity contribution in [3.05, 3.63) is 57.9 Å². The highest BCUT2D eigenvalue weighted by atomic mass is 16.6. The van der Waals surface area contributed by atoms with Gasteiger partial charge in [0.25, 0.3) is 11.5 Å². The number of carbonyl (C=O) groups is 3. The number of nitrogens with one attached hydrogen (secondary N) is 6. The van der Waals surface area contributed by atoms with Crippen molar-refractivity contribution in [2.24, 2.45) is 10.3 Å². The van der Waals surface area contributed by atoms with Crippen molar-refractivity contribution in [3.63, 3.8) is 0 Å². The zero-order chi connectivity index (χ0) is 38.5. The summed E-state index contributed by atoms with van der Waals surface area (Å²) >= 11 is 0. The number of aromatic nitrogens is 4. The van der Waals surface area contributed by atoms with Gasteiger partial charge in [0.05, 0.1) is 47.5 Å². The minimum Gasteiger partial charge on any atom is -0.481 e. The average molecular weight is 726 g/mol. The standard InChI is InChI=1S/C33H47N11O8/c1-19(42-50)32(3,4)44-52-16-15-37-33(5,6)25(43-51)13-14-34-30(48)24(11-12-26(45)46)41-29(47)21-7-9-22(10-8-21)35-17-23-18-36-28-27(40-23)31(49)39-20(2)38-28/h7-10,18,24,35,37,44,50-51H,11-17H2,1-6H3,(H,34,48)(H,41,47)(H,45,46)(H,36,38,39,49)/b42-19-,43-25-. The zero-order valence-corrected chi connectivity index (χ0v) is 30.0. The Kier molecular flexibility index (Phi) is 14.7. The molecule has 1 atom stereocenters. The molecule has 52 heavy (non-hydrogen) atoms. The summed E-state index contributed by atoms with van der Waals surface area (Å²) in [5, 5.41) is 46.1. The summed E-state index contributed by atoms with van der Waals surface area (Å²) < 4.78 is 0. The van der Waals surface area contributed by atoms with E-state index in [9.17, 15) is 29.5 Å². The molecule has 0 aliphatic heterocycles. The van der Waals surface area contributed by atoms with E-state index >= 15 is 0 Å². The van der Waals surface area contributed by atoms with E-state index in [0.717, 1.165) is 0 Å². The third-order valence-corrected chi connectivity index (χ3v) is 8.13. The van der Waals surface area contributed by atoms with Crippen LogP contribution in [0.15, 0.2) is 45.6 Å². The number of hydroxylamine groups is 1. The van der Waals surface area contributed by atoms with Crippen molar-refractivity contribution in [1.29, 1.82) is 0 Å². The van der Waals surface area contributed by atoms with Crippen molar-refractivity contribution in [2.45, 2.75) is 84.5 Å². The number of carboxylic acids is 1. The molecule has 0 saturated carbocycles. The average Bonchev–Trinajstić information content (AvgIpc) is 3.10. The summed E-state index contributed by atoms with van der Waals surface area (Å²) in [5.74, 6) is -1.87. The summed E-state index contributed by atoms with van der Waals surface area (Å²) in [5.41, 5.74) is 3.45. The second-order valence-corrected chi connectivity index (χ2v) is 13.0. The van der Waals surface area contributed by atoms with Gasteiger partial charge in [0.1, 0.15) is 11.9 Å². The summed E-state index contributed by atoms with van der Waals surface area (Å²) in [6, 6.07) is 5.23. The van der Waals surface area contributed by atoms with Crippen LogP contribution in [0.4, 0.5) is 5.69 Å². The Morgan fingerprint density at radius 2 is 1.71 bits per heavy atom. The SMILES string of the molecule is C/C(=N/O)C(C)(C)NOCCNC(C)(C)/C(CCNC(=O)C(CCC(=O)O)NC(=O)c1ccc(NCc2cnc3nc(C)[nH]c(=O)c3n2)cc1)=N\O. The van der Waals surface area contributed by atoms with Gasteiger partial charge in [0, 0.05) is 37.2 Å². The lowest BCUT2D eigenvalue weighted by Crippen LogP contribution is -2.51. The van der Waals surface area contributed by atoms with E-state index in [2.05, 4.69) is 57.0 Å². The molecular formula is C33H47N11O8. The molecule has 0 spiro atoms. The fraction of sp³-hybridized carbons (Fsp3) is 0.485. The lowest BCUT2D eigenvalue weighted by molar-refractivity contribution is -0.137. The quantitative estimate of drug-likeness (QED) is 0.0345. The van der Waals surface area contributed by atoms with Gasteiger partial charge in [0.2, 0.25) is 5.91 Å². The van der Waals surface area contributed by atoms with Crippen LogP contribution in [0.1, 0.15) is 75.8 Å². The molecule has 19 heteroatoms. The van der Waals surface area contributed by atoms with Gasteiger partial charge in [-0.25, -0.2) is 15.0 Å². The maximum Gasteiger partial charge on any atom is 0.303 e. The Hall–Kier alpha value is -5.53. The van der Waals surface area contributed by atoms with Crippen LogP contribution in [0.25, 0.3) is 11.2 Å². The molecule has 0 aliphatic rings. The Balaban J connectivity index is 1.52. The Labute approximate surface area is 299 Å². The Morgan fingerprint density at radius 1 is 1.00 bits per heavy atom. The summed E-state index contributed by atoms with van der Waals surface area (Å²) in [4.78, 5) is 70.4. The molecule has 2 heterocycles. The smallest absolute Gasteiger partial charge is 0.303 e. The number of carboxylic acid groups (broad SMARTS) is 1. The van der Waals surface area contributed by atoms with Crippen LogP contribution in [0.2, 0.25) is 0 Å². The van der Waals surface area contributed by atoms with E-state index in [1.54, 1.807) is 65.8 Å². The number of hydrogen-bond donors (Lipinski definition) is 9. The lowest BCUT2D eigenvalue weighted by atomic mass is 9.95. The van der Waals surface area contributed by atoms with Gasteiger partial charge in [-0.15, -0.1) is 0 Å². The first kappa shape index (κ1) is 40.9. The Morgan fingerprint density at radius 3 is 2.37 bits per heavy atom. The summed E-state index contributed by atoms with van der Waals surface area (Å²) in [7, 11) is 0. The van der Waals surface area contributed by atoms with E-state index in [1.165, 1.54) is 6.20 Å².